The van der Waals surface area contributed by atoms with Crippen molar-refractivity contribution in [3.05, 3.63) is 29.3 Å². The first-order valence-electron chi connectivity index (χ1n) is 8.11. The number of halogens is 2. The molecule has 0 unspecified atom stereocenters. The minimum atomic E-state index is -0.538. The molecule has 1 aliphatic rings. The molecule has 0 aromatic heterocycles. The van der Waals surface area contributed by atoms with E-state index in [9.17, 15) is 13.9 Å². The molecule has 0 radical (unpaired) electrons. The van der Waals surface area contributed by atoms with Crippen LogP contribution in [0.3, 0.4) is 0 Å². The summed E-state index contributed by atoms with van der Waals surface area (Å²) in [6.45, 7) is 4.68. The van der Waals surface area contributed by atoms with Crippen LogP contribution in [0.2, 0.25) is 0 Å². The second-order valence-electron chi connectivity index (χ2n) is 5.89. The topological polar surface area (TPSA) is 32.7 Å². The number of ether oxygens (including phenoxy) is 1. The third kappa shape index (κ3) is 4.92. The van der Waals surface area contributed by atoms with Gasteiger partial charge in [0.25, 0.3) is 0 Å². The fourth-order valence-corrected chi connectivity index (χ4v) is 2.65. The quantitative estimate of drug-likeness (QED) is 0.785. The van der Waals surface area contributed by atoms with Crippen LogP contribution in [0.4, 0.5) is 8.78 Å². The van der Waals surface area contributed by atoms with E-state index >= 15 is 0 Å². The molecule has 124 valence electrons. The van der Waals surface area contributed by atoms with Gasteiger partial charge in [0.15, 0.2) is 0 Å². The van der Waals surface area contributed by atoms with Gasteiger partial charge in [-0.15, -0.1) is 0 Å². The summed E-state index contributed by atoms with van der Waals surface area (Å²) in [6, 6.07) is 2.54. The maximum absolute atomic E-state index is 14.1. The summed E-state index contributed by atoms with van der Waals surface area (Å²) in [5.74, 6) is -0.819. The highest BCUT2D eigenvalue weighted by atomic mass is 19.1. The molecule has 1 fully saturated rings. The van der Waals surface area contributed by atoms with Crippen LogP contribution in [0.5, 0.6) is 5.75 Å². The van der Waals surface area contributed by atoms with E-state index in [1.165, 1.54) is 12.1 Å². The molecule has 1 saturated heterocycles. The van der Waals surface area contributed by atoms with Gasteiger partial charge < -0.3 is 14.7 Å². The Bertz CT molecular complexity index is 451. The average Bonchev–Trinajstić information content (AvgIpc) is 2.48. The van der Waals surface area contributed by atoms with Crippen LogP contribution in [-0.4, -0.2) is 42.4 Å². The van der Waals surface area contributed by atoms with Crippen molar-refractivity contribution in [3.8, 4) is 5.75 Å². The van der Waals surface area contributed by atoms with Gasteiger partial charge in [-0.2, -0.15) is 0 Å². The summed E-state index contributed by atoms with van der Waals surface area (Å²) in [6.07, 6.45) is 3.41. The van der Waals surface area contributed by atoms with Crippen molar-refractivity contribution < 1.29 is 18.6 Å². The van der Waals surface area contributed by atoms with Gasteiger partial charge in [0, 0.05) is 37.3 Å². The van der Waals surface area contributed by atoms with Crippen molar-refractivity contribution >= 4 is 0 Å². The molecule has 2 rings (SSSR count). The number of nitrogens with zero attached hydrogens (tertiary/aromatic N) is 1. The van der Waals surface area contributed by atoms with Crippen molar-refractivity contribution in [1.29, 1.82) is 0 Å². The van der Waals surface area contributed by atoms with Crippen LogP contribution in [0, 0.1) is 11.6 Å². The largest absolute Gasteiger partial charge is 0.493 e. The number of rotatable bonds is 7. The number of aliphatic hydroxyl groups excluding tert-OH is 1. The van der Waals surface area contributed by atoms with Crippen LogP contribution in [0.15, 0.2) is 12.1 Å². The van der Waals surface area contributed by atoms with Crippen LogP contribution < -0.4 is 4.74 Å². The number of hydrogen-bond donors (Lipinski definition) is 1. The zero-order valence-electron chi connectivity index (χ0n) is 13.2. The molecule has 0 spiro atoms. The van der Waals surface area contributed by atoms with E-state index in [4.69, 9.17) is 4.74 Å². The van der Waals surface area contributed by atoms with E-state index < -0.39 is 11.6 Å². The smallest absolute Gasteiger partial charge is 0.133 e. The Morgan fingerprint density at radius 2 is 1.86 bits per heavy atom. The lowest BCUT2D eigenvalue weighted by Gasteiger charge is -2.29. The Hall–Kier alpha value is -1.20. The second-order valence-corrected chi connectivity index (χ2v) is 5.89. The highest BCUT2D eigenvalue weighted by Crippen LogP contribution is 2.22. The molecule has 0 amide bonds. The van der Waals surface area contributed by atoms with Gasteiger partial charge in [0.1, 0.15) is 17.4 Å². The second kappa shape index (κ2) is 8.44. The van der Waals surface area contributed by atoms with Crippen molar-refractivity contribution in [2.75, 3.05) is 26.2 Å². The lowest BCUT2D eigenvalue weighted by atomic mass is 10.1. The van der Waals surface area contributed by atoms with Crippen molar-refractivity contribution in [1.82, 2.24) is 4.90 Å². The Balaban J connectivity index is 1.90. The van der Waals surface area contributed by atoms with Gasteiger partial charge >= 0.3 is 0 Å². The van der Waals surface area contributed by atoms with E-state index in [0.29, 0.717) is 19.6 Å². The SMILES string of the molecule is CCCCOc1cc(F)c(CCN2CCC(O)CC2)c(F)c1. The fourth-order valence-electron chi connectivity index (χ4n) is 2.65. The maximum atomic E-state index is 14.1. The summed E-state index contributed by atoms with van der Waals surface area (Å²) < 4.78 is 33.5. The molecule has 22 heavy (non-hydrogen) atoms. The van der Waals surface area contributed by atoms with Gasteiger partial charge in [0.2, 0.25) is 0 Å². The molecule has 0 saturated carbocycles. The first-order chi connectivity index (χ1) is 10.6. The molecule has 0 atom stereocenters. The van der Waals surface area contributed by atoms with Gasteiger partial charge in [0.05, 0.1) is 12.7 Å². The number of hydrogen-bond acceptors (Lipinski definition) is 3. The normalized spacial score (nSPS) is 16.9. The number of aliphatic hydroxyl groups is 1. The van der Waals surface area contributed by atoms with Crippen molar-refractivity contribution in [3.63, 3.8) is 0 Å². The fraction of sp³-hybridized carbons (Fsp3) is 0.647. The Kier molecular flexibility index (Phi) is 6.58. The standard InChI is InChI=1S/C17H25F2NO2/c1-2-3-10-22-14-11-16(18)15(17(19)12-14)6-9-20-7-4-13(21)5-8-20/h11-13,21H,2-10H2,1H3. The van der Waals surface area contributed by atoms with Crippen LogP contribution in [-0.2, 0) is 6.42 Å². The molecule has 1 heterocycles. The molecule has 3 nitrogen and oxygen atoms in total. The highest BCUT2D eigenvalue weighted by Gasteiger charge is 2.18. The van der Waals surface area contributed by atoms with E-state index in [1.54, 1.807) is 0 Å². The first kappa shape index (κ1) is 17.2. The summed E-state index contributed by atoms with van der Waals surface area (Å²) in [4.78, 5) is 2.14. The average molecular weight is 313 g/mol. The van der Waals surface area contributed by atoms with Crippen molar-refractivity contribution in [2.24, 2.45) is 0 Å². The number of unbranched alkanes of at least 4 members (excludes halogenated alkanes) is 1. The summed E-state index contributed by atoms with van der Waals surface area (Å²) in [5.41, 5.74) is 0.119. The minimum Gasteiger partial charge on any atom is -0.493 e. The Labute approximate surface area is 130 Å². The van der Waals surface area contributed by atoms with Crippen LogP contribution in [0.1, 0.15) is 38.2 Å². The molecular weight excluding hydrogens is 288 g/mol. The molecule has 1 aliphatic heterocycles. The van der Waals surface area contributed by atoms with E-state index in [2.05, 4.69) is 4.90 Å². The molecule has 5 heteroatoms. The molecular formula is C17H25F2NO2. The predicted octanol–water partition coefficient (Wildman–Crippen LogP) is 3.14. The monoisotopic (exact) mass is 313 g/mol. The van der Waals surface area contributed by atoms with Gasteiger partial charge in [-0.25, -0.2) is 8.78 Å². The summed E-state index contributed by atoms with van der Waals surface area (Å²) in [7, 11) is 0. The van der Waals surface area contributed by atoms with E-state index in [1.807, 2.05) is 6.92 Å². The molecule has 1 aromatic rings. The minimum absolute atomic E-state index is 0.119. The molecule has 1 N–H and O–H groups in total. The molecule has 1 aromatic carbocycles. The van der Waals surface area contributed by atoms with E-state index in [-0.39, 0.29) is 17.4 Å². The van der Waals surface area contributed by atoms with Gasteiger partial charge in [-0.3, -0.25) is 0 Å². The number of likely N-dealkylation sites (tertiary alicyclic amines) is 1. The lowest BCUT2D eigenvalue weighted by molar-refractivity contribution is 0.0829. The Morgan fingerprint density at radius 3 is 2.45 bits per heavy atom. The van der Waals surface area contributed by atoms with Crippen molar-refractivity contribution in [2.45, 2.75) is 45.1 Å². The molecule has 0 aliphatic carbocycles. The maximum Gasteiger partial charge on any atom is 0.133 e. The summed E-state index contributed by atoms with van der Waals surface area (Å²) in [5, 5.41) is 9.46. The van der Waals surface area contributed by atoms with Gasteiger partial charge in [-0.05, 0) is 25.7 Å². The number of benzene rings is 1. The van der Waals surface area contributed by atoms with E-state index in [0.717, 1.165) is 38.8 Å². The third-order valence-corrected chi connectivity index (χ3v) is 4.12. The third-order valence-electron chi connectivity index (χ3n) is 4.12. The highest BCUT2D eigenvalue weighted by molar-refractivity contribution is 5.30. The predicted molar refractivity (Wildman–Crippen MR) is 82.1 cm³/mol. The van der Waals surface area contributed by atoms with Gasteiger partial charge in [-0.1, -0.05) is 13.3 Å². The molecule has 0 bridgehead atoms. The Morgan fingerprint density at radius 1 is 1.23 bits per heavy atom. The summed E-state index contributed by atoms with van der Waals surface area (Å²) >= 11 is 0. The zero-order chi connectivity index (χ0) is 15.9. The first-order valence-corrected chi connectivity index (χ1v) is 8.11. The van der Waals surface area contributed by atoms with Crippen LogP contribution >= 0.6 is 0 Å². The van der Waals surface area contributed by atoms with Crippen LogP contribution in [0.25, 0.3) is 0 Å². The lowest BCUT2D eigenvalue weighted by Crippen LogP contribution is -2.37. The zero-order valence-corrected chi connectivity index (χ0v) is 13.2. The number of piperidine rings is 1.